The van der Waals surface area contributed by atoms with E-state index in [0.717, 1.165) is 9.99 Å². The summed E-state index contributed by atoms with van der Waals surface area (Å²) in [4.78, 5) is 23.7. The largest absolute Gasteiger partial charge is 0.352 e. The Kier molecular flexibility index (Phi) is 6.27. The maximum Gasteiger partial charge on any atom is 0.251 e. The first-order valence-corrected chi connectivity index (χ1v) is 7.38. The number of nitrogens with one attached hydrogen (secondary N) is 2. The van der Waals surface area contributed by atoms with E-state index in [1.165, 1.54) is 0 Å². The van der Waals surface area contributed by atoms with Crippen molar-refractivity contribution in [1.29, 1.82) is 0 Å². The van der Waals surface area contributed by atoms with E-state index in [2.05, 4.69) is 33.2 Å². The third-order valence-electron chi connectivity index (χ3n) is 2.85. The lowest BCUT2D eigenvalue weighted by Crippen LogP contribution is -2.47. The van der Waals surface area contributed by atoms with Crippen LogP contribution >= 0.6 is 22.6 Å². The van der Waals surface area contributed by atoms with Crippen molar-refractivity contribution in [1.82, 2.24) is 10.6 Å². The summed E-state index contributed by atoms with van der Waals surface area (Å²) in [6.07, 6.45) is 0.865. The third kappa shape index (κ3) is 5.18. The van der Waals surface area contributed by atoms with Crippen molar-refractivity contribution in [2.45, 2.75) is 39.3 Å². The van der Waals surface area contributed by atoms with Gasteiger partial charge in [-0.3, -0.25) is 9.59 Å². The van der Waals surface area contributed by atoms with E-state index in [0.29, 0.717) is 5.56 Å². The van der Waals surface area contributed by atoms with Gasteiger partial charge in [-0.25, -0.2) is 0 Å². The molecule has 19 heavy (non-hydrogen) atoms. The van der Waals surface area contributed by atoms with Gasteiger partial charge in [0.25, 0.3) is 5.91 Å². The maximum absolute atomic E-state index is 11.9. The average molecular weight is 374 g/mol. The molecule has 0 saturated carbocycles. The summed E-state index contributed by atoms with van der Waals surface area (Å²) in [5.74, 6) is -0.392. The number of carbonyl (C=O) groups excluding carboxylic acids is 2. The molecule has 2 amide bonds. The molecule has 1 aromatic carbocycles. The topological polar surface area (TPSA) is 58.2 Å². The van der Waals surface area contributed by atoms with Crippen LogP contribution in [0.15, 0.2) is 24.3 Å². The van der Waals surface area contributed by atoms with Crippen LogP contribution in [-0.2, 0) is 4.79 Å². The fraction of sp³-hybridized carbons (Fsp3) is 0.429. The number of halogens is 1. The zero-order chi connectivity index (χ0) is 14.4. The van der Waals surface area contributed by atoms with Gasteiger partial charge in [0.05, 0.1) is 0 Å². The summed E-state index contributed by atoms with van der Waals surface area (Å²) < 4.78 is 1.07. The van der Waals surface area contributed by atoms with E-state index in [4.69, 9.17) is 0 Å². The summed E-state index contributed by atoms with van der Waals surface area (Å²) in [6.45, 7) is 5.62. The number of rotatable bonds is 5. The predicted octanol–water partition coefficient (Wildman–Crippen LogP) is 2.32. The van der Waals surface area contributed by atoms with Gasteiger partial charge >= 0.3 is 0 Å². The van der Waals surface area contributed by atoms with Crippen molar-refractivity contribution in [3.8, 4) is 0 Å². The maximum atomic E-state index is 11.9. The molecule has 0 saturated heterocycles. The number of carbonyl (C=O) groups is 2. The monoisotopic (exact) mass is 374 g/mol. The Hall–Kier alpha value is -1.11. The van der Waals surface area contributed by atoms with Gasteiger partial charge in [0.1, 0.15) is 6.04 Å². The van der Waals surface area contributed by atoms with E-state index >= 15 is 0 Å². The minimum absolute atomic E-state index is 0.116. The quantitative estimate of drug-likeness (QED) is 0.778. The molecule has 0 aromatic heterocycles. The van der Waals surface area contributed by atoms with Crippen LogP contribution in [0.25, 0.3) is 0 Å². The highest BCUT2D eigenvalue weighted by Crippen LogP contribution is 2.06. The molecular formula is C14H19IN2O2. The van der Waals surface area contributed by atoms with E-state index < -0.39 is 6.04 Å². The van der Waals surface area contributed by atoms with Gasteiger partial charge < -0.3 is 10.6 Å². The molecule has 0 radical (unpaired) electrons. The number of hydrogen-bond acceptors (Lipinski definition) is 2. The molecule has 0 fully saturated rings. The van der Waals surface area contributed by atoms with Crippen LogP contribution in [0.4, 0.5) is 0 Å². The average Bonchev–Trinajstić information content (AvgIpc) is 2.38. The molecule has 0 aliphatic heterocycles. The van der Waals surface area contributed by atoms with Gasteiger partial charge in [0, 0.05) is 15.2 Å². The molecule has 2 N–H and O–H groups in total. The van der Waals surface area contributed by atoms with E-state index in [1.54, 1.807) is 19.1 Å². The molecule has 1 rings (SSSR count). The van der Waals surface area contributed by atoms with Gasteiger partial charge in [-0.05, 0) is 67.1 Å². The first kappa shape index (κ1) is 15.9. The highest BCUT2D eigenvalue weighted by Gasteiger charge is 2.17. The first-order chi connectivity index (χ1) is 8.93. The summed E-state index contributed by atoms with van der Waals surface area (Å²) in [7, 11) is 0. The molecule has 2 atom stereocenters. The molecule has 1 aromatic rings. The number of benzene rings is 1. The molecule has 0 aliphatic carbocycles. The molecule has 0 bridgehead atoms. The van der Waals surface area contributed by atoms with E-state index in [-0.39, 0.29) is 17.9 Å². The molecule has 4 nitrogen and oxygen atoms in total. The van der Waals surface area contributed by atoms with Crippen LogP contribution in [0.5, 0.6) is 0 Å². The van der Waals surface area contributed by atoms with Crippen LogP contribution in [0, 0.1) is 3.57 Å². The molecule has 0 heterocycles. The summed E-state index contributed by atoms with van der Waals surface area (Å²) in [5.41, 5.74) is 0.559. The lowest BCUT2D eigenvalue weighted by atomic mass is 10.2. The highest BCUT2D eigenvalue weighted by molar-refractivity contribution is 14.1. The van der Waals surface area contributed by atoms with Gasteiger partial charge in [-0.2, -0.15) is 0 Å². The fourth-order valence-electron chi connectivity index (χ4n) is 1.42. The van der Waals surface area contributed by atoms with Crippen molar-refractivity contribution in [2.75, 3.05) is 0 Å². The fourth-order valence-corrected chi connectivity index (χ4v) is 1.78. The molecule has 0 aliphatic rings. The summed E-state index contributed by atoms with van der Waals surface area (Å²) >= 11 is 2.18. The van der Waals surface area contributed by atoms with Gasteiger partial charge in [0.2, 0.25) is 5.91 Å². The van der Waals surface area contributed by atoms with Crippen molar-refractivity contribution >= 4 is 34.4 Å². The SMILES string of the molecule is CCC(C)NC(=O)C(C)NC(=O)c1ccc(I)cc1. The molecule has 104 valence electrons. The minimum atomic E-state index is -0.541. The Labute approximate surface area is 127 Å². The normalized spacial score (nSPS) is 13.5. The van der Waals surface area contributed by atoms with Crippen LogP contribution < -0.4 is 10.6 Å². The van der Waals surface area contributed by atoms with E-state index in [9.17, 15) is 9.59 Å². The molecular weight excluding hydrogens is 355 g/mol. The summed E-state index contributed by atoms with van der Waals surface area (Å²) in [5, 5.41) is 5.53. The Morgan fingerprint density at radius 1 is 1.16 bits per heavy atom. The van der Waals surface area contributed by atoms with E-state index in [1.807, 2.05) is 26.0 Å². The highest BCUT2D eigenvalue weighted by atomic mass is 127. The first-order valence-electron chi connectivity index (χ1n) is 6.30. The smallest absolute Gasteiger partial charge is 0.251 e. The number of amides is 2. The predicted molar refractivity (Wildman–Crippen MR) is 84.0 cm³/mol. The third-order valence-corrected chi connectivity index (χ3v) is 3.57. The summed E-state index contributed by atoms with van der Waals surface area (Å²) in [6, 6.07) is 6.79. The van der Waals surface area contributed by atoms with Crippen LogP contribution in [0.3, 0.4) is 0 Å². The minimum Gasteiger partial charge on any atom is -0.352 e. The van der Waals surface area contributed by atoms with Crippen LogP contribution in [-0.4, -0.2) is 23.9 Å². The Balaban J connectivity index is 2.56. The zero-order valence-electron chi connectivity index (χ0n) is 11.4. The second kappa shape index (κ2) is 7.47. The lowest BCUT2D eigenvalue weighted by molar-refractivity contribution is -0.123. The second-order valence-corrected chi connectivity index (χ2v) is 5.77. The lowest BCUT2D eigenvalue weighted by Gasteiger charge is -2.17. The van der Waals surface area contributed by atoms with Gasteiger partial charge in [0.15, 0.2) is 0 Å². The Bertz CT molecular complexity index is 445. The van der Waals surface area contributed by atoms with Crippen molar-refractivity contribution in [2.24, 2.45) is 0 Å². The van der Waals surface area contributed by atoms with Gasteiger partial charge in [-0.15, -0.1) is 0 Å². The zero-order valence-corrected chi connectivity index (χ0v) is 13.5. The van der Waals surface area contributed by atoms with Crippen LogP contribution in [0.2, 0.25) is 0 Å². The number of hydrogen-bond donors (Lipinski definition) is 2. The molecule has 2 unspecified atom stereocenters. The Morgan fingerprint density at radius 2 is 1.74 bits per heavy atom. The van der Waals surface area contributed by atoms with Gasteiger partial charge in [-0.1, -0.05) is 6.92 Å². The molecule has 0 spiro atoms. The Morgan fingerprint density at radius 3 is 2.26 bits per heavy atom. The van der Waals surface area contributed by atoms with Crippen molar-refractivity contribution in [3.05, 3.63) is 33.4 Å². The standard InChI is InChI=1S/C14H19IN2O2/c1-4-9(2)16-13(18)10(3)17-14(19)11-5-7-12(15)8-6-11/h5-10H,4H2,1-3H3,(H,16,18)(H,17,19). The van der Waals surface area contributed by atoms with Crippen LogP contribution in [0.1, 0.15) is 37.6 Å². The second-order valence-electron chi connectivity index (χ2n) is 4.52. The van der Waals surface area contributed by atoms with Crippen molar-refractivity contribution < 1.29 is 9.59 Å². The molecule has 5 heteroatoms. The van der Waals surface area contributed by atoms with Crippen molar-refractivity contribution in [3.63, 3.8) is 0 Å².